The van der Waals surface area contributed by atoms with Gasteiger partial charge in [-0.05, 0) is 36.1 Å². The van der Waals surface area contributed by atoms with E-state index in [9.17, 15) is 4.39 Å². The molecule has 0 heterocycles. The highest BCUT2D eigenvalue weighted by atomic mass is 19.1. The average molecular weight is 237 g/mol. The molecule has 0 atom stereocenters. The third-order valence-electron chi connectivity index (χ3n) is 3.29. The van der Waals surface area contributed by atoms with Crippen LogP contribution >= 0.6 is 0 Å². The highest BCUT2D eigenvalue weighted by Crippen LogP contribution is 2.21. The van der Waals surface area contributed by atoms with Gasteiger partial charge in [0.25, 0.3) is 0 Å². The molecule has 0 bridgehead atoms. The van der Waals surface area contributed by atoms with Crippen LogP contribution in [0.25, 0.3) is 0 Å². The molecule has 0 spiro atoms. The van der Waals surface area contributed by atoms with Crippen molar-refractivity contribution >= 4 is 0 Å². The molecule has 0 amide bonds. The zero-order valence-corrected chi connectivity index (χ0v) is 10.1. The summed E-state index contributed by atoms with van der Waals surface area (Å²) in [5.41, 5.74) is 7.23. The molecular formula is C14H20FNO. The van der Waals surface area contributed by atoms with Crippen LogP contribution in [0.5, 0.6) is 0 Å². The van der Waals surface area contributed by atoms with E-state index in [2.05, 4.69) is 0 Å². The molecule has 1 aliphatic rings. The van der Waals surface area contributed by atoms with Crippen LogP contribution in [0.3, 0.4) is 0 Å². The Hall–Kier alpha value is -0.930. The molecule has 94 valence electrons. The Morgan fingerprint density at radius 3 is 2.53 bits per heavy atom. The minimum atomic E-state index is -0.227. The fourth-order valence-corrected chi connectivity index (χ4v) is 2.36. The first-order chi connectivity index (χ1) is 8.28. The van der Waals surface area contributed by atoms with Gasteiger partial charge < -0.3 is 10.5 Å². The Morgan fingerprint density at radius 1 is 1.12 bits per heavy atom. The predicted octanol–water partition coefficient (Wildman–Crippen LogP) is 3.13. The fourth-order valence-electron chi connectivity index (χ4n) is 2.36. The molecule has 2 rings (SSSR count). The van der Waals surface area contributed by atoms with Gasteiger partial charge in [-0.15, -0.1) is 0 Å². The van der Waals surface area contributed by atoms with E-state index in [4.69, 9.17) is 10.5 Å². The largest absolute Gasteiger partial charge is 0.374 e. The maximum Gasteiger partial charge on any atom is 0.123 e. The van der Waals surface area contributed by atoms with Gasteiger partial charge in [0.1, 0.15) is 5.82 Å². The summed E-state index contributed by atoms with van der Waals surface area (Å²) >= 11 is 0. The molecule has 1 aliphatic carbocycles. The Morgan fingerprint density at radius 2 is 1.82 bits per heavy atom. The van der Waals surface area contributed by atoms with E-state index in [1.165, 1.54) is 31.4 Å². The van der Waals surface area contributed by atoms with Crippen LogP contribution in [0.2, 0.25) is 0 Å². The molecule has 1 saturated carbocycles. The van der Waals surface area contributed by atoms with Crippen molar-refractivity contribution in [1.29, 1.82) is 0 Å². The van der Waals surface area contributed by atoms with E-state index in [0.29, 0.717) is 19.3 Å². The van der Waals surface area contributed by atoms with Crippen molar-refractivity contribution in [2.45, 2.75) is 51.4 Å². The smallest absolute Gasteiger partial charge is 0.123 e. The number of benzene rings is 1. The van der Waals surface area contributed by atoms with E-state index in [1.54, 1.807) is 0 Å². The van der Waals surface area contributed by atoms with Crippen molar-refractivity contribution in [3.63, 3.8) is 0 Å². The van der Waals surface area contributed by atoms with E-state index in [0.717, 1.165) is 24.0 Å². The van der Waals surface area contributed by atoms with Crippen LogP contribution in [-0.2, 0) is 17.9 Å². The zero-order valence-electron chi connectivity index (χ0n) is 10.1. The first-order valence-corrected chi connectivity index (χ1v) is 6.38. The van der Waals surface area contributed by atoms with Crippen molar-refractivity contribution in [2.75, 3.05) is 0 Å². The highest BCUT2D eigenvalue weighted by Gasteiger charge is 2.13. The van der Waals surface area contributed by atoms with Gasteiger partial charge in [0.15, 0.2) is 0 Å². The van der Waals surface area contributed by atoms with Crippen molar-refractivity contribution < 1.29 is 9.13 Å². The summed E-state index contributed by atoms with van der Waals surface area (Å²) in [5, 5.41) is 0. The number of nitrogens with two attached hydrogens (primary N) is 1. The summed E-state index contributed by atoms with van der Waals surface area (Å²) in [4.78, 5) is 0. The van der Waals surface area contributed by atoms with Crippen molar-refractivity contribution in [3.05, 3.63) is 35.1 Å². The fraction of sp³-hybridized carbons (Fsp3) is 0.571. The maximum absolute atomic E-state index is 13.3. The molecule has 1 aromatic rings. The monoisotopic (exact) mass is 237 g/mol. The van der Waals surface area contributed by atoms with Gasteiger partial charge in [0.05, 0.1) is 12.7 Å². The van der Waals surface area contributed by atoms with Gasteiger partial charge in [-0.2, -0.15) is 0 Å². The zero-order chi connectivity index (χ0) is 12.1. The number of rotatable bonds is 4. The van der Waals surface area contributed by atoms with E-state index in [1.807, 2.05) is 6.07 Å². The number of halogens is 1. The van der Waals surface area contributed by atoms with Crippen LogP contribution < -0.4 is 5.73 Å². The topological polar surface area (TPSA) is 35.2 Å². The second-order valence-electron chi connectivity index (χ2n) is 4.74. The van der Waals surface area contributed by atoms with Crippen LogP contribution in [-0.4, -0.2) is 6.10 Å². The lowest BCUT2D eigenvalue weighted by molar-refractivity contribution is 0.0167. The van der Waals surface area contributed by atoms with Crippen LogP contribution in [0, 0.1) is 5.82 Å². The van der Waals surface area contributed by atoms with Gasteiger partial charge in [-0.25, -0.2) is 4.39 Å². The van der Waals surface area contributed by atoms with Gasteiger partial charge >= 0.3 is 0 Å². The molecular weight excluding hydrogens is 217 g/mol. The van der Waals surface area contributed by atoms with Crippen molar-refractivity contribution in [2.24, 2.45) is 5.73 Å². The van der Waals surface area contributed by atoms with Gasteiger partial charge in [-0.3, -0.25) is 0 Å². The molecule has 0 radical (unpaired) electrons. The average Bonchev–Trinajstić information content (AvgIpc) is 2.37. The van der Waals surface area contributed by atoms with Crippen LogP contribution in [0.15, 0.2) is 18.2 Å². The number of hydrogen-bond acceptors (Lipinski definition) is 2. The third kappa shape index (κ3) is 3.79. The van der Waals surface area contributed by atoms with E-state index >= 15 is 0 Å². The summed E-state index contributed by atoms with van der Waals surface area (Å²) in [7, 11) is 0. The second kappa shape index (κ2) is 6.12. The Balaban J connectivity index is 1.91. The Labute approximate surface area is 102 Å². The standard InChI is InChI=1S/C14H20FNO/c15-13-7-11(9-16)6-12(8-13)10-17-14-4-2-1-3-5-14/h6-8,14H,1-5,9-10,16H2. The van der Waals surface area contributed by atoms with Gasteiger partial charge in [0, 0.05) is 6.54 Å². The summed E-state index contributed by atoms with van der Waals surface area (Å²) in [6.45, 7) is 0.865. The van der Waals surface area contributed by atoms with Gasteiger partial charge in [-0.1, -0.05) is 25.3 Å². The summed E-state index contributed by atoms with van der Waals surface area (Å²) < 4.78 is 19.1. The Bertz CT molecular complexity index is 361. The van der Waals surface area contributed by atoms with Crippen LogP contribution in [0.1, 0.15) is 43.2 Å². The minimum Gasteiger partial charge on any atom is -0.374 e. The normalized spacial score (nSPS) is 17.3. The van der Waals surface area contributed by atoms with Crippen LogP contribution in [0.4, 0.5) is 4.39 Å². The molecule has 1 fully saturated rings. The highest BCUT2D eigenvalue weighted by molar-refractivity contribution is 5.24. The third-order valence-corrected chi connectivity index (χ3v) is 3.29. The number of ether oxygens (including phenoxy) is 1. The quantitative estimate of drug-likeness (QED) is 0.873. The molecule has 2 nitrogen and oxygen atoms in total. The molecule has 3 heteroatoms. The van der Waals surface area contributed by atoms with Crippen molar-refractivity contribution in [1.82, 2.24) is 0 Å². The lowest BCUT2D eigenvalue weighted by Crippen LogP contribution is -2.16. The SMILES string of the molecule is NCc1cc(F)cc(COC2CCCCC2)c1. The van der Waals surface area contributed by atoms with E-state index in [-0.39, 0.29) is 5.82 Å². The summed E-state index contributed by atoms with van der Waals surface area (Å²) in [6.07, 6.45) is 6.45. The summed E-state index contributed by atoms with van der Waals surface area (Å²) in [6, 6.07) is 4.93. The minimum absolute atomic E-state index is 0.227. The first kappa shape index (κ1) is 12.5. The Kier molecular flexibility index (Phi) is 4.51. The lowest BCUT2D eigenvalue weighted by atomic mass is 9.98. The molecule has 0 saturated heterocycles. The van der Waals surface area contributed by atoms with Crippen molar-refractivity contribution in [3.8, 4) is 0 Å². The first-order valence-electron chi connectivity index (χ1n) is 6.38. The lowest BCUT2D eigenvalue weighted by Gasteiger charge is -2.22. The molecule has 0 unspecified atom stereocenters. The maximum atomic E-state index is 13.3. The molecule has 17 heavy (non-hydrogen) atoms. The second-order valence-corrected chi connectivity index (χ2v) is 4.74. The summed E-state index contributed by atoms with van der Waals surface area (Å²) in [5.74, 6) is -0.227. The number of hydrogen-bond donors (Lipinski definition) is 1. The molecule has 0 aliphatic heterocycles. The molecule has 2 N–H and O–H groups in total. The van der Waals surface area contributed by atoms with E-state index < -0.39 is 0 Å². The molecule has 1 aromatic carbocycles. The molecule has 0 aromatic heterocycles. The van der Waals surface area contributed by atoms with Gasteiger partial charge in [0.2, 0.25) is 0 Å². The predicted molar refractivity (Wildman–Crippen MR) is 66.0 cm³/mol.